The van der Waals surface area contributed by atoms with Crippen molar-refractivity contribution in [2.24, 2.45) is 0 Å². The van der Waals surface area contributed by atoms with E-state index in [9.17, 15) is 9.59 Å². The number of fused-ring (bicyclic) bond motifs is 1. The maximum atomic E-state index is 12.5. The number of hydrogen-bond donors (Lipinski definition) is 2. The Balaban J connectivity index is 1.71. The fourth-order valence-electron chi connectivity index (χ4n) is 3.09. The topological polar surface area (TPSA) is 67.4 Å². The highest BCUT2D eigenvalue weighted by Crippen LogP contribution is 2.38. The van der Waals surface area contributed by atoms with Crippen LogP contribution in [0, 0.1) is 6.92 Å². The number of benzene rings is 1. The molecule has 1 aromatic heterocycles. The second kappa shape index (κ2) is 8.36. The van der Waals surface area contributed by atoms with Gasteiger partial charge in [-0.05, 0) is 57.2 Å². The summed E-state index contributed by atoms with van der Waals surface area (Å²) < 4.78 is 5.54. The quantitative estimate of drug-likeness (QED) is 0.812. The number of hydrogen-bond acceptors (Lipinski definition) is 4. The van der Waals surface area contributed by atoms with E-state index in [0.717, 1.165) is 36.8 Å². The van der Waals surface area contributed by atoms with Crippen LogP contribution in [0.1, 0.15) is 46.1 Å². The van der Waals surface area contributed by atoms with Crippen LogP contribution >= 0.6 is 11.3 Å². The lowest BCUT2D eigenvalue weighted by atomic mass is 9.95. The Bertz CT molecular complexity index is 796. The lowest BCUT2D eigenvalue weighted by molar-refractivity contribution is -0.118. The summed E-state index contributed by atoms with van der Waals surface area (Å²) >= 11 is 1.52. The van der Waals surface area contributed by atoms with Crippen LogP contribution in [0.2, 0.25) is 0 Å². The smallest absolute Gasteiger partial charge is 0.262 e. The van der Waals surface area contributed by atoms with Gasteiger partial charge in [0.15, 0.2) is 6.61 Å². The van der Waals surface area contributed by atoms with Gasteiger partial charge < -0.3 is 15.4 Å². The van der Waals surface area contributed by atoms with Gasteiger partial charge in [0.05, 0.1) is 5.56 Å². The molecule has 0 fully saturated rings. The normalized spacial score (nSPS) is 13.0. The molecule has 26 heavy (non-hydrogen) atoms. The second-order valence-corrected chi connectivity index (χ2v) is 7.53. The van der Waals surface area contributed by atoms with E-state index in [0.29, 0.717) is 22.9 Å². The van der Waals surface area contributed by atoms with E-state index in [-0.39, 0.29) is 18.4 Å². The van der Waals surface area contributed by atoms with Gasteiger partial charge in [-0.1, -0.05) is 17.7 Å². The molecule has 138 valence electrons. The Labute approximate surface area is 157 Å². The summed E-state index contributed by atoms with van der Waals surface area (Å²) in [6, 6.07) is 7.56. The molecule has 2 aromatic rings. The van der Waals surface area contributed by atoms with Crippen molar-refractivity contribution in [3.63, 3.8) is 0 Å². The average molecular weight is 372 g/mol. The van der Waals surface area contributed by atoms with Crippen LogP contribution in [0.4, 0.5) is 5.00 Å². The molecule has 0 bridgehead atoms. The molecule has 1 aromatic carbocycles. The molecule has 0 saturated carbocycles. The van der Waals surface area contributed by atoms with Gasteiger partial charge in [0.1, 0.15) is 10.8 Å². The largest absolute Gasteiger partial charge is 0.484 e. The number of nitrogens with one attached hydrogen (secondary N) is 2. The molecule has 0 aliphatic heterocycles. The number of rotatable bonds is 6. The van der Waals surface area contributed by atoms with Crippen LogP contribution < -0.4 is 15.4 Å². The van der Waals surface area contributed by atoms with Crippen LogP contribution in [-0.4, -0.2) is 25.0 Å². The molecule has 0 radical (unpaired) electrons. The fraction of sp³-hybridized carbons (Fsp3) is 0.400. The second-order valence-electron chi connectivity index (χ2n) is 6.42. The van der Waals surface area contributed by atoms with Crippen LogP contribution in [0.5, 0.6) is 5.75 Å². The van der Waals surface area contributed by atoms with Crippen molar-refractivity contribution in [3.8, 4) is 5.75 Å². The van der Waals surface area contributed by atoms with E-state index in [1.165, 1.54) is 16.2 Å². The lowest BCUT2D eigenvalue weighted by Crippen LogP contribution is -2.26. The minimum Gasteiger partial charge on any atom is -0.484 e. The minimum atomic E-state index is -0.255. The van der Waals surface area contributed by atoms with Crippen molar-refractivity contribution < 1.29 is 14.3 Å². The molecular formula is C20H24N2O3S. The summed E-state index contributed by atoms with van der Waals surface area (Å²) in [5.74, 6) is 0.288. The van der Waals surface area contributed by atoms with Crippen molar-refractivity contribution in [3.05, 3.63) is 45.8 Å². The van der Waals surface area contributed by atoms with Gasteiger partial charge in [0, 0.05) is 11.4 Å². The first-order chi connectivity index (χ1) is 12.6. The molecule has 1 aliphatic carbocycles. The van der Waals surface area contributed by atoms with E-state index in [1.807, 2.05) is 38.1 Å². The SMILES string of the molecule is CCNC(=O)c1c(NC(=O)COc2ccc(C)cc2)sc2c1CCCC2. The van der Waals surface area contributed by atoms with Gasteiger partial charge in [0.2, 0.25) is 0 Å². The molecule has 1 heterocycles. The summed E-state index contributed by atoms with van der Waals surface area (Å²) in [5, 5.41) is 6.38. The van der Waals surface area contributed by atoms with Crippen LogP contribution in [0.3, 0.4) is 0 Å². The third-order valence-corrected chi connectivity index (χ3v) is 5.59. The van der Waals surface area contributed by atoms with Crippen molar-refractivity contribution >= 4 is 28.2 Å². The number of carbonyl (C=O) groups excluding carboxylic acids is 2. The zero-order valence-corrected chi connectivity index (χ0v) is 16.0. The predicted molar refractivity (Wildman–Crippen MR) is 104 cm³/mol. The molecule has 2 amide bonds. The Morgan fingerprint density at radius 3 is 2.62 bits per heavy atom. The summed E-state index contributed by atoms with van der Waals surface area (Å²) in [5.41, 5.74) is 2.87. The Morgan fingerprint density at radius 1 is 1.15 bits per heavy atom. The molecule has 1 aliphatic rings. The van der Waals surface area contributed by atoms with Gasteiger partial charge in [0.25, 0.3) is 11.8 Å². The van der Waals surface area contributed by atoms with Crippen molar-refractivity contribution in [2.75, 3.05) is 18.5 Å². The summed E-state index contributed by atoms with van der Waals surface area (Å²) in [6.45, 7) is 4.37. The molecular weight excluding hydrogens is 348 g/mol. The van der Waals surface area contributed by atoms with Gasteiger partial charge in [-0.3, -0.25) is 9.59 Å². The molecule has 0 saturated heterocycles. The number of amides is 2. The van der Waals surface area contributed by atoms with Crippen molar-refractivity contribution in [2.45, 2.75) is 39.5 Å². The zero-order chi connectivity index (χ0) is 18.5. The first-order valence-electron chi connectivity index (χ1n) is 9.00. The van der Waals surface area contributed by atoms with E-state index in [2.05, 4.69) is 10.6 Å². The van der Waals surface area contributed by atoms with E-state index in [4.69, 9.17) is 4.74 Å². The molecule has 6 heteroatoms. The first kappa shape index (κ1) is 18.5. The van der Waals surface area contributed by atoms with Gasteiger partial charge in [-0.2, -0.15) is 0 Å². The van der Waals surface area contributed by atoms with Crippen LogP contribution in [0.15, 0.2) is 24.3 Å². The van der Waals surface area contributed by atoms with E-state index >= 15 is 0 Å². The standard InChI is InChI=1S/C20H24N2O3S/c1-3-21-19(24)18-15-6-4-5-7-16(15)26-20(18)22-17(23)12-25-14-10-8-13(2)9-11-14/h8-11H,3-7,12H2,1-2H3,(H,21,24)(H,22,23). The minimum absolute atomic E-state index is 0.0829. The summed E-state index contributed by atoms with van der Waals surface area (Å²) in [6.07, 6.45) is 4.09. The monoisotopic (exact) mass is 372 g/mol. The molecule has 5 nitrogen and oxygen atoms in total. The number of anilines is 1. The Hall–Kier alpha value is -2.34. The van der Waals surface area contributed by atoms with Crippen LogP contribution in [0.25, 0.3) is 0 Å². The fourth-order valence-corrected chi connectivity index (χ4v) is 4.39. The highest BCUT2D eigenvalue weighted by molar-refractivity contribution is 7.17. The number of aryl methyl sites for hydroxylation is 2. The third kappa shape index (κ3) is 4.25. The van der Waals surface area contributed by atoms with Crippen molar-refractivity contribution in [1.29, 1.82) is 0 Å². The van der Waals surface area contributed by atoms with E-state index < -0.39 is 0 Å². The number of carbonyl (C=O) groups is 2. The Morgan fingerprint density at radius 2 is 1.88 bits per heavy atom. The van der Waals surface area contributed by atoms with Crippen molar-refractivity contribution in [1.82, 2.24) is 5.32 Å². The predicted octanol–water partition coefficient (Wildman–Crippen LogP) is 3.70. The van der Waals surface area contributed by atoms with Gasteiger partial charge in [-0.25, -0.2) is 0 Å². The third-order valence-electron chi connectivity index (χ3n) is 4.38. The molecule has 0 atom stereocenters. The molecule has 2 N–H and O–H groups in total. The first-order valence-corrected chi connectivity index (χ1v) is 9.82. The molecule has 0 unspecified atom stereocenters. The summed E-state index contributed by atoms with van der Waals surface area (Å²) in [4.78, 5) is 26.1. The average Bonchev–Trinajstić information content (AvgIpc) is 2.99. The summed E-state index contributed by atoms with van der Waals surface area (Å²) in [7, 11) is 0. The molecule has 0 spiro atoms. The number of thiophene rings is 1. The highest BCUT2D eigenvalue weighted by atomic mass is 32.1. The van der Waals surface area contributed by atoms with Gasteiger partial charge >= 0.3 is 0 Å². The Kier molecular flexibility index (Phi) is 5.93. The maximum Gasteiger partial charge on any atom is 0.262 e. The maximum absolute atomic E-state index is 12.5. The van der Waals surface area contributed by atoms with Crippen LogP contribution in [-0.2, 0) is 17.6 Å². The molecule has 3 rings (SSSR count). The van der Waals surface area contributed by atoms with E-state index in [1.54, 1.807) is 0 Å². The lowest BCUT2D eigenvalue weighted by Gasteiger charge is -2.13. The highest BCUT2D eigenvalue weighted by Gasteiger charge is 2.26. The number of ether oxygens (including phenoxy) is 1. The zero-order valence-electron chi connectivity index (χ0n) is 15.2. The van der Waals surface area contributed by atoms with Gasteiger partial charge in [-0.15, -0.1) is 11.3 Å².